The van der Waals surface area contributed by atoms with Gasteiger partial charge in [-0.15, -0.1) is 0 Å². The molecule has 0 aliphatic carbocycles. The second kappa shape index (κ2) is 7.49. The zero-order valence-electron chi connectivity index (χ0n) is 16.6. The molecule has 2 rings (SSSR count). The van der Waals surface area contributed by atoms with Crippen LogP contribution >= 0.6 is 0 Å². The van der Waals surface area contributed by atoms with Crippen LogP contribution in [-0.2, 0) is 15.5 Å². The summed E-state index contributed by atoms with van der Waals surface area (Å²) in [5, 5.41) is 19.1. The van der Waals surface area contributed by atoms with E-state index in [2.05, 4.69) is 0 Å². The van der Waals surface area contributed by atoms with Crippen LogP contribution in [0.5, 0.6) is 11.5 Å². The molecule has 8 nitrogen and oxygen atoms in total. The Labute approximate surface area is 168 Å². The van der Waals surface area contributed by atoms with Gasteiger partial charge in [0, 0.05) is 0 Å². The van der Waals surface area contributed by atoms with Crippen molar-refractivity contribution in [3.63, 3.8) is 0 Å². The number of benzene rings is 2. The highest BCUT2D eigenvalue weighted by atomic mass is 32.2. The second-order valence-corrected chi connectivity index (χ2v) is 8.98. The number of carboxylic acids is 2. The zero-order valence-corrected chi connectivity index (χ0v) is 17.4. The third-order valence-electron chi connectivity index (χ3n) is 4.50. The summed E-state index contributed by atoms with van der Waals surface area (Å²) in [6.45, 7) is 8.27. The van der Waals surface area contributed by atoms with E-state index < -0.39 is 43.8 Å². The second-order valence-electron chi connectivity index (χ2n) is 7.62. The minimum Gasteiger partial charge on any atom is -0.478 e. The average molecular weight is 422 g/mol. The molecule has 29 heavy (non-hydrogen) atoms. The molecule has 9 heteroatoms. The topological polar surface area (TPSA) is 138 Å². The summed E-state index contributed by atoms with van der Waals surface area (Å²) >= 11 is 0. The molecule has 3 N–H and O–H groups in total. The summed E-state index contributed by atoms with van der Waals surface area (Å²) in [6, 6.07) is 6.62. The van der Waals surface area contributed by atoms with Gasteiger partial charge in [-0.05, 0) is 48.1 Å². The van der Waals surface area contributed by atoms with Crippen molar-refractivity contribution in [3.05, 3.63) is 52.1 Å². The van der Waals surface area contributed by atoms with Gasteiger partial charge in [0.2, 0.25) is 0 Å². The molecular formula is C20H22O8S. The Morgan fingerprint density at radius 2 is 1.52 bits per heavy atom. The summed E-state index contributed by atoms with van der Waals surface area (Å²) in [7, 11) is -5.00. The highest BCUT2D eigenvalue weighted by Crippen LogP contribution is 2.40. The smallest absolute Gasteiger partial charge is 0.339 e. The van der Waals surface area contributed by atoms with Gasteiger partial charge >= 0.3 is 11.9 Å². The molecule has 0 radical (unpaired) electrons. The molecule has 0 bridgehead atoms. The first kappa shape index (κ1) is 22.4. The van der Waals surface area contributed by atoms with Crippen LogP contribution in [-0.4, -0.2) is 35.1 Å². The van der Waals surface area contributed by atoms with Gasteiger partial charge in [0.05, 0.1) is 5.56 Å². The van der Waals surface area contributed by atoms with Crippen LogP contribution < -0.4 is 4.74 Å². The standard InChI is InChI=1S/C20H22O8S/c1-10-14(18(21)22)11(2)17(29(25,26)27)16(15(10)19(23)24)28-13-8-6-7-12(9-13)20(3,4)5/h6-9H,1-5H3,(H,21,22)(H,23,24)(H,25,26,27). The lowest BCUT2D eigenvalue weighted by Gasteiger charge is -2.22. The summed E-state index contributed by atoms with van der Waals surface area (Å²) in [6.07, 6.45) is 0. The van der Waals surface area contributed by atoms with Crippen molar-refractivity contribution in [3.8, 4) is 11.5 Å². The number of carboxylic acid groups (broad SMARTS) is 2. The molecule has 0 saturated heterocycles. The number of ether oxygens (including phenoxy) is 1. The van der Waals surface area contributed by atoms with E-state index in [0.29, 0.717) is 0 Å². The maximum atomic E-state index is 12.0. The van der Waals surface area contributed by atoms with Crippen molar-refractivity contribution in [1.29, 1.82) is 0 Å². The molecule has 0 amide bonds. The quantitative estimate of drug-likeness (QED) is 0.614. The lowest BCUT2D eigenvalue weighted by atomic mass is 9.87. The molecule has 0 atom stereocenters. The van der Waals surface area contributed by atoms with E-state index in [9.17, 15) is 32.8 Å². The Balaban J connectivity index is 2.90. The Morgan fingerprint density at radius 3 is 1.97 bits per heavy atom. The molecule has 0 spiro atoms. The van der Waals surface area contributed by atoms with E-state index in [-0.39, 0.29) is 22.3 Å². The maximum absolute atomic E-state index is 12.0. The molecule has 156 valence electrons. The SMILES string of the molecule is Cc1c(C(=O)O)c(C)c(S(=O)(=O)O)c(Oc2cccc(C(C)(C)C)c2)c1C(=O)O. The first-order valence-electron chi connectivity index (χ1n) is 8.56. The fraction of sp³-hybridized carbons (Fsp3) is 0.300. The van der Waals surface area contributed by atoms with Gasteiger partial charge in [-0.25, -0.2) is 9.59 Å². The van der Waals surface area contributed by atoms with Crippen LogP contribution in [0.3, 0.4) is 0 Å². The van der Waals surface area contributed by atoms with Crippen molar-refractivity contribution in [1.82, 2.24) is 0 Å². The normalized spacial score (nSPS) is 11.9. The number of rotatable bonds is 5. The van der Waals surface area contributed by atoms with Gasteiger partial charge in [-0.2, -0.15) is 8.42 Å². The molecule has 2 aromatic rings. The van der Waals surface area contributed by atoms with Crippen molar-refractivity contribution in [2.45, 2.75) is 44.9 Å². The number of carbonyl (C=O) groups is 2. The summed E-state index contributed by atoms with van der Waals surface area (Å²) in [5.74, 6) is -3.59. The van der Waals surface area contributed by atoms with Crippen molar-refractivity contribution < 1.29 is 37.5 Å². The van der Waals surface area contributed by atoms with E-state index in [0.717, 1.165) is 5.56 Å². The average Bonchev–Trinajstić information content (AvgIpc) is 2.51. The van der Waals surface area contributed by atoms with E-state index in [4.69, 9.17) is 4.74 Å². The summed E-state index contributed by atoms with van der Waals surface area (Å²) < 4.78 is 39.5. The monoisotopic (exact) mass is 422 g/mol. The van der Waals surface area contributed by atoms with Crippen molar-refractivity contribution >= 4 is 22.1 Å². The van der Waals surface area contributed by atoms with E-state index in [1.165, 1.54) is 19.9 Å². The van der Waals surface area contributed by atoms with Crippen LogP contribution in [0.25, 0.3) is 0 Å². The van der Waals surface area contributed by atoms with E-state index >= 15 is 0 Å². The largest absolute Gasteiger partial charge is 0.478 e. The predicted octanol–water partition coefficient (Wildman–Crippen LogP) is 4.04. The predicted molar refractivity (Wildman–Crippen MR) is 105 cm³/mol. The Bertz CT molecular complexity index is 1110. The van der Waals surface area contributed by atoms with Gasteiger partial charge in [0.1, 0.15) is 16.2 Å². The molecular weight excluding hydrogens is 400 g/mol. The van der Waals surface area contributed by atoms with Crippen molar-refractivity contribution in [2.75, 3.05) is 0 Å². The first-order chi connectivity index (χ1) is 13.2. The first-order valence-corrected chi connectivity index (χ1v) is 10.00. The minimum absolute atomic E-state index is 0.145. The van der Waals surface area contributed by atoms with Crippen LogP contribution in [0.15, 0.2) is 29.2 Å². The van der Waals surface area contributed by atoms with Crippen LogP contribution in [0.4, 0.5) is 0 Å². The fourth-order valence-electron chi connectivity index (χ4n) is 3.10. The Kier molecular flexibility index (Phi) is 5.78. The van der Waals surface area contributed by atoms with E-state index in [1.54, 1.807) is 12.1 Å². The zero-order chi connectivity index (χ0) is 22.3. The molecule has 0 fully saturated rings. The molecule has 0 saturated carbocycles. The van der Waals surface area contributed by atoms with Crippen LogP contribution in [0.1, 0.15) is 58.2 Å². The highest BCUT2D eigenvalue weighted by Gasteiger charge is 2.33. The maximum Gasteiger partial charge on any atom is 0.339 e. The number of hydrogen-bond acceptors (Lipinski definition) is 5. The Morgan fingerprint density at radius 1 is 0.966 bits per heavy atom. The van der Waals surface area contributed by atoms with Gasteiger partial charge in [0.25, 0.3) is 10.1 Å². The highest BCUT2D eigenvalue weighted by molar-refractivity contribution is 7.86. The lowest BCUT2D eigenvalue weighted by Crippen LogP contribution is -2.17. The van der Waals surface area contributed by atoms with Gasteiger partial charge in [-0.3, -0.25) is 4.55 Å². The van der Waals surface area contributed by atoms with Gasteiger partial charge < -0.3 is 14.9 Å². The van der Waals surface area contributed by atoms with Crippen LogP contribution in [0, 0.1) is 13.8 Å². The Hall–Kier alpha value is -2.91. The third kappa shape index (κ3) is 4.41. The summed E-state index contributed by atoms with van der Waals surface area (Å²) in [5.41, 5.74) is -1.09. The van der Waals surface area contributed by atoms with Gasteiger partial charge in [-0.1, -0.05) is 32.9 Å². The minimum atomic E-state index is -5.00. The molecule has 0 unspecified atom stereocenters. The lowest BCUT2D eigenvalue weighted by molar-refractivity contribution is 0.0692. The number of hydrogen-bond donors (Lipinski definition) is 3. The van der Waals surface area contributed by atoms with Crippen molar-refractivity contribution in [2.24, 2.45) is 0 Å². The molecule has 0 heterocycles. The fourth-order valence-corrected chi connectivity index (χ4v) is 3.97. The number of aromatic carboxylic acids is 2. The third-order valence-corrected chi connectivity index (χ3v) is 5.51. The van der Waals surface area contributed by atoms with Gasteiger partial charge in [0.15, 0.2) is 5.75 Å². The molecule has 0 aromatic heterocycles. The van der Waals surface area contributed by atoms with E-state index in [1.807, 2.05) is 26.8 Å². The molecule has 0 aliphatic heterocycles. The van der Waals surface area contributed by atoms with Crippen LogP contribution in [0.2, 0.25) is 0 Å². The summed E-state index contributed by atoms with van der Waals surface area (Å²) in [4.78, 5) is 22.6. The molecule has 2 aromatic carbocycles. The molecule has 0 aliphatic rings.